The van der Waals surface area contributed by atoms with Gasteiger partial charge in [0.15, 0.2) is 0 Å². The van der Waals surface area contributed by atoms with Gasteiger partial charge in [-0.25, -0.2) is 4.98 Å². The average Bonchev–Trinajstić information content (AvgIpc) is 2.41. The maximum Gasteiger partial charge on any atom is 0.416 e. The number of halogens is 3. The first-order chi connectivity index (χ1) is 9.90. The van der Waals surface area contributed by atoms with Crippen molar-refractivity contribution in [2.45, 2.75) is 51.7 Å². The van der Waals surface area contributed by atoms with Crippen molar-refractivity contribution in [2.24, 2.45) is 5.92 Å². The lowest BCUT2D eigenvalue weighted by molar-refractivity contribution is -0.137. The summed E-state index contributed by atoms with van der Waals surface area (Å²) in [5.74, 6) is 1.02. The fourth-order valence-corrected chi connectivity index (χ4v) is 2.76. The van der Waals surface area contributed by atoms with Gasteiger partial charge in [-0.15, -0.1) is 0 Å². The Morgan fingerprint density at radius 3 is 2.48 bits per heavy atom. The van der Waals surface area contributed by atoms with Gasteiger partial charge in [-0.3, -0.25) is 0 Å². The predicted molar refractivity (Wildman–Crippen MR) is 78.4 cm³/mol. The third kappa shape index (κ3) is 4.25. The highest BCUT2D eigenvalue weighted by molar-refractivity contribution is 5.50. The molecule has 1 saturated carbocycles. The molecule has 3 nitrogen and oxygen atoms in total. The van der Waals surface area contributed by atoms with Crippen LogP contribution in [0.15, 0.2) is 12.1 Å². The first-order valence-electron chi connectivity index (χ1n) is 7.50. The quantitative estimate of drug-likeness (QED) is 0.858. The zero-order valence-electron chi connectivity index (χ0n) is 12.4. The number of nitrogens with zero attached hydrogens (tertiary/aromatic N) is 1. The molecule has 1 aliphatic rings. The van der Waals surface area contributed by atoms with E-state index in [-0.39, 0.29) is 11.9 Å². The Kier molecular flexibility index (Phi) is 4.96. The van der Waals surface area contributed by atoms with Gasteiger partial charge in [0.2, 0.25) is 0 Å². The van der Waals surface area contributed by atoms with Gasteiger partial charge in [-0.1, -0.05) is 19.8 Å². The highest BCUT2D eigenvalue weighted by Crippen LogP contribution is 2.33. The van der Waals surface area contributed by atoms with Crippen LogP contribution in [0.25, 0.3) is 0 Å². The van der Waals surface area contributed by atoms with Gasteiger partial charge in [0.05, 0.1) is 5.56 Å². The third-order valence-electron chi connectivity index (χ3n) is 3.96. The first-order valence-corrected chi connectivity index (χ1v) is 7.50. The van der Waals surface area contributed by atoms with Crippen LogP contribution in [0.5, 0.6) is 0 Å². The smallest absolute Gasteiger partial charge is 0.370 e. The van der Waals surface area contributed by atoms with E-state index in [0.717, 1.165) is 31.4 Å². The normalized spacial score (nSPS) is 22.9. The minimum absolute atomic E-state index is 0.198. The monoisotopic (exact) mass is 301 g/mol. The summed E-state index contributed by atoms with van der Waals surface area (Å²) in [7, 11) is 0. The zero-order chi connectivity index (χ0) is 15.5. The summed E-state index contributed by atoms with van der Waals surface area (Å²) in [6, 6.07) is 2.35. The van der Waals surface area contributed by atoms with Gasteiger partial charge in [0.1, 0.15) is 11.6 Å². The van der Waals surface area contributed by atoms with Crippen molar-refractivity contribution in [3.8, 4) is 0 Å². The van der Waals surface area contributed by atoms with Crippen LogP contribution < -0.4 is 10.6 Å². The molecule has 2 rings (SSSR count). The van der Waals surface area contributed by atoms with Gasteiger partial charge in [0.25, 0.3) is 0 Å². The van der Waals surface area contributed by atoms with Crippen molar-refractivity contribution in [2.75, 3.05) is 17.2 Å². The lowest BCUT2D eigenvalue weighted by atomic mass is 9.86. The first kappa shape index (κ1) is 15.9. The number of alkyl halides is 3. The molecule has 2 N–H and O–H groups in total. The number of rotatable bonds is 4. The number of hydrogen-bond acceptors (Lipinski definition) is 3. The van der Waals surface area contributed by atoms with Crippen molar-refractivity contribution >= 4 is 11.6 Å². The molecule has 1 aromatic heterocycles. The molecule has 2 atom stereocenters. The summed E-state index contributed by atoms with van der Waals surface area (Å²) in [5, 5.41) is 6.05. The number of anilines is 2. The maximum atomic E-state index is 13.0. The van der Waals surface area contributed by atoms with E-state index in [4.69, 9.17) is 0 Å². The standard InChI is InChI=1S/C15H22F3N3/c1-3-19-13-8-11(15(16,17)18)9-14(21-13)20-12-7-5-4-6-10(12)2/h8-10,12H,3-7H2,1-2H3,(H2,19,20,21). The lowest BCUT2D eigenvalue weighted by Gasteiger charge is -2.30. The molecule has 6 heteroatoms. The number of nitrogens with one attached hydrogen (secondary N) is 2. The summed E-state index contributed by atoms with van der Waals surface area (Å²) in [5.41, 5.74) is -0.667. The van der Waals surface area contributed by atoms with Crippen molar-refractivity contribution in [3.05, 3.63) is 17.7 Å². The van der Waals surface area contributed by atoms with Crippen molar-refractivity contribution in [1.29, 1.82) is 0 Å². The van der Waals surface area contributed by atoms with Gasteiger partial charge in [-0.2, -0.15) is 13.2 Å². The Balaban J connectivity index is 2.22. The second-order valence-corrected chi connectivity index (χ2v) is 5.67. The van der Waals surface area contributed by atoms with Crippen LogP contribution in [0, 0.1) is 5.92 Å². The molecule has 0 aliphatic heterocycles. The molecule has 2 unspecified atom stereocenters. The van der Waals surface area contributed by atoms with Crippen molar-refractivity contribution in [3.63, 3.8) is 0 Å². The molecule has 1 fully saturated rings. The molecule has 0 spiro atoms. The molecule has 0 aromatic carbocycles. The summed E-state index contributed by atoms with van der Waals surface area (Å²) in [6.07, 6.45) is 0.0348. The average molecular weight is 301 g/mol. The van der Waals surface area contributed by atoms with Gasteiger partial charge in [0, 0.05) is 12.6 Å². The molecule has 0 radical (unpaired) electrons. The highest BCUT2D eigenvalue weighted by atomic mass is 19.4. The van der Waals surface area contributed by atoms with Crippen LogP contribution in [-0.4, -0.2) is 17.6 Å². The van der Waals surface area contributed by atoms with Gasteiger partial charge in [-0.05, 0) is 37.8 Å². The molecule has 0 amide bonds. The van der Waals surface area contributed by atoms with E-state index in [1.54, 1.807) is 0 Å². The van der Waals surface area contributed by atoms with Crippen LogP contribution in [0.2, 0.25) is 0 Å². The van der Waals surface area contributed by atoms with E-state index >= 15 is 0 Å². The van der Waals surface area contributed by atoms with Gasteiger partial charge < -0.3 is 10.6 Å². The number of pyridine rings is 1. The molecule has 0 bridgehead atoms. The molecule has 1 heterocycles. The largest absolute Gasteiger partial charge is 0.416 e. The molecule has 1 aromatic rings. The fraction of sp³-hybridized carbons (Fsp3) is 0.667. The Morgan fingerprint density at radius 2 is 1.86 bits per heavy atom. The number of hydrogen-bond donors (Lipinski definition) is 2. The predicted octanol–water partition coefficient (Wildman–Crippen LogP) is 4.52. The van der Waals surface area contributed by atoms with Crippen LogP contribution in [0.3, 0.4) is 0 Å². The summed E-state index contributed by atoms with van der Waals surface area (Å²) >= 11 is 0. The Morgan fingerprint density at radius 1 is 1.19 bits per heavy atom. The highest BCUT2D eigenvalue weighted by Gasteiger charge is 2.32. The Bertz CT molecular complexity index is 474. The Hall–Kier alpha value is -1.46. The molecular formula is C15H22F3N3. The van der Waals surface area contributed by atoms with Gasteiger partial charge >= 0.3 is 6.18 Å². The fourth-order valence-electron chi connectivity index (χ4n) is 2.76. The van der Waals surface area contributed by atoms with Crippen LogP contribution >= 0.6 is 0 Å². The van der Waals surface area contributed by atoms with E-state index in [2.05, 4.69) is 22.5 Å². The van der Waals surface area contributed by atoms with E-state index in [9.17, 15) is 13.2 Å². The molecule has 1 aliphatic carbocycles. The minimum Gasteiger partial charge on any atom is -0.370 e. The molecule has 21 heavy (non-hydrogen) atoms. The molecule has 118 valence electrons. The van der Waals surface area contributed by atoms with Crippen molar-refractivity contribution < 1.29 is 13.2 Å². The van der Waals surface area contributed by atoms with E-state index in [1.807, 2.05) is 6.92 Å². The second-order valence-electron chi connectivity index (χ2n) is 5.67. The maximum absolute atomic E-state index is 13.0. The second kappa shape index (κ2) is 6.54. The third-order valence-corrected chi connectivity index (χ3v) is 3.96. The minimum atomic E-state index is -4.36. The van der Waals surface area contributed by atoms with E-state index < -0.39 is 11.7 Å². The van der Waals surface area contributed by atoms with Crippen LogP contribution in [-0.2, 0) is 6.18 Å². The topological polar surface area (TPSA) is 37.0 Å². The van der Waals surface area contributed by atoms with Crippen LogP contribution in [0.1, 0.15) is 45.1 Å². The lowest BCUT2D eigenvalue weighted by Crippen LogP contribution is -2.30. The van der Waals surface area contributed by atoms with Crippen LogP contribution in [0.4, 0.5) is 24.8 Å². The van der Waals surface area contributed by atoms with Crippen molar-refractivity contribution in [1.82, 2.24) is 4.98 Å². The summed E-state index contributed by atoms with van der Waals surface area (Å²) < 4.78 is 38.9. The zero-order valence-corrected chi connectivity index (χ0v) is 12.4. The summed E-state index contributed by atoms with van der Waals surface area (Å²) in [4.78, 5) is 4.24. The van der Waals surface area contributed by atoms with E-state index in [1.165, 1.54) is 6.42 Å². The summed E-state index contributed by atoms with van der Waals surface area (Å²) in [6.45, 7) is 4.50. The number of aromatic nitrogens is 1. The van der Waals surface area contributed by atoms with E-state index in [0.29, 0.717) is 18.3 Å². The SMILES string of the molecule is CCNc1cc(C(F)(F)F)cc(NC2CCCCC2C)n1. The molecular weight excluding hydrogens is 279 g/mol. The molecule has 0 saturated heterocycles. The Labute approximate surface area is 123 Å².